The van der Waals surface area contributed by atoms with Crippen molar-refractivity contribution in [2.75, 3.05) is 6.54 Å². The van der Waals surface area contributed by atoms with E-state index in [1.54, 1.807) is 0 Å². The first kappa shape index (κ1) is 10.7. The third-order valence-corrected chi connectivity index (χ3v) is 5.13. The van der Waals surface area contributed by atoms with E-state index in [4.69, 9.17) is 0 Å². The van der Waals surface area contributed by atoms with Gasteiger partial charge in [0.2, 0.25) is 0 Å². The lowest BCUT2D eigenvalue weighted by Crippen LogP contribution is -2.40. The molecule has 1 aromatic heterocycles. The highest BCUT2D eigenvalue weighted by molar-refractivity contribution is 9.10. The third kappa shape index (κ3) is 2.05. The fraction of sp³-hybridized carbons (Fsp3) is 0.636. The summed E-state index contributed by atoms with van der Waals surface area (Å²) in [6.45, 7) is 3.48. The lowest BCUT2D eigenvalue weighted by molar-refractivity contribution is 0.362. The van der Waals surface area contributed by atoms with E-state index in [9.17, 15) is 0 Å². The van der Waals surface area contributed by atoms with E-state index in [1.807, 2.05) is 11.3 Å². The maximum atomic E-state index is 3.67. The van der Waals surface area contributed by atoms with Crippen molar-refractivity contribution in [3.8, 4) is 0 Å². The molecule has 1 atom stereocenters. The molecular formula is C11H16BrNS. The Bertz CT molecular complexity index is 302. The highest BCUT2D eigenvalue weighted by Crippen LogP contribution is 2.32. The second-order valence-electron chi connectivity index (χ2n) is 4.03. The zero-order chi connectivity index (χ0) is 10.0. The smallest absolute Gasteiger partial charge is 0.0315 e. The number of hydrogen-bond acceptors (Lipinski definition) is 2. The number of hydrogen-bond donors (Lipinski definition) is 1. The van der Waals surface area contributed by atoms with Gasteiger partial charge >= 0.3 is 0 Å². The first-order chi connectivity index (χ1) is 6.76. The Morgan fingerprint density at radius 1 is 1.64 bits per heavy atom. The maximum absolute atomic E-state index is 3.67. The summed E-state index contributed by atoms with van der Waals surface area (Å²) in [5, 5.41) is 5.84. The van der Waals surface area contributed by atoms with Gasteiger partial charge in [-0.05, 0) is 53.2 Å². The van der Waals surface area contributed by atoms with E-state index < -0.39 is 0 Å². The summed E-state index contributed by atoms with van der Waals surface area (Å²) >= 11 is 5.47. The van der Waals surface area contributed by atoms with Crippen LogP contribution in [-0.2, 0) is 6.42 Å². The van der Waals surface area contributed by atoms with Crippen LogP contribution in [0.4, 0.5) is 0 Å². The first-order valence-electron chi connectivity index (χ1n) is 5.23. The fourth-order valence-corrected chi connectivity index (χ4v) is 3.84. The predicted molar refractivity (Wildman–Crippen MR) is 66.0 cm³/mol. The molecule has 1 aliphatic rings. The molecule has 0 saturated carbocycles. The van der Waals surface area contributed by atoms with Crippen LogP contribution in [0, 0.1) is 0 Å². The van der Waals surface area contributed by atoms with Crippen LogP contribution in [0.5, 0.6) is 0 Å². The van der Waals surface area contributed by atoms with Gasteiger partial charge in [0, 0.05) is 21.3 Å². The highest BCUT2D eigenvalue weighted by Gasteiger charge is 2.32. The van der Waals surface area contributed by atoms with E-state index in [2.05, 4.69) is 39.6 Å². The van der Waals surface area contributed by atoms with Crippen LogP contribution in [-0.4, -0.2) is 12.1 Å². The standard InChI is InChI=1S/C11H16BrNS/c1-2-11(5-3-6-13-11)8-10-9(12)4-7-14-10/h4,7,13H,2-3,5-6,8H2,1H3. The monoisotopic (exact) mass is 273 g/mol. The molecule has 3 heteroatoms. The Morgan fingerprint density at radius 2 is 2.50 bits per heavy atom. The van der Waals surface area contributed by atoms with Crippen molar-refractivity contribution in [2.24, 2.45) is 0 Å². The number of halogens is 1. The minimum Gasteiger partial charge on any atom is -0.311 e. The van der Waals surface area contributed by atoms with E-state index in [1.165, 1.54) is 41.6 Å². The summed E-state index contributed by atoms with van der Waals surface area (Å²) in [5.41, 5.74) is 0.382. The Kier molecular flexibility index (Phi) is 3.30. The number of rotatable bonds is 3. The van der Waals surface area contributed by atoms with Gasteiger partial charge in [-0.15, -0.1) is 11.3 Å². The molecule has 0 radical (unpaired) electrons. The lowest BCUT2D eigenvalue weighted by Gasteiger charge is -2.27. The van der Waals surface area contributed by atoms with Crippen molar-refractivity contribution >= 4 is 27.3 Å². The minimum atomic E-state index is 0.382. The molecule has 1 unspecified atom stereocenters. The van der Waals surface area contributed by atoms with Crippen molar-refractivity contribution < 1.29 is 0 Å². The van der Waals surface area contributed by atoms with E-state index in [-0.39, 0.29) is 0 Å². The molecule has 1 fully saturated rings. The van der Waals surface area contributed by atoms with Gasteiger partial charge in [0.05, 0.1) is 0 Å². The van der Waals surface area contributed by atoms with E-state index in [0.717, 1.165) is 0 Å². The molecular weight excluding hydrogens is 258 g/mol. The summed E-state index contributed by atoms with van der Waals surface area (Å²) in [6, 6.07) is 2.15. The van der Waals surface area contributed by atoms with Gasteiger partial charge in [-0.1, -0.05) is 6.92 Å². The van der Waals surface area contributed by atoms with E-state index >= 15 is 0 Å². The summed E-state index contributed by atoms with van der Waals surface area (Å²) in [5.74, 6) is 0. The highest BCUT2D eigenvalue weighted by atomic mass is 79.9. The zero-order valence-electron chi connectivity index (χ0n) is 8.48. The Morgan fingerprint density at radius 3 is 3.00 bits per heavy atom. The minimum absolute atomic E-state index is 0.382. The van der Waals surface area contributed by atoms with Crippen molar-refractivity contribution in [3.63, 3.8) is 0 Å². The number of thiophene rings is 1. The largest absolute Gasteiger partial charge is 0.311 e. The molecule has 1 nitrogen and oxygen atoms in total. The molecule has 1 aliphatic heterocycles. The van der Waals surface area contributed by atoms with Crippen LogP contribution in [0.1, 0.15) is 31.1 Å². The van der Waals surface area contributed by atoms with Crippen molar-refractivity contribution in [1.82, 2.24) is 5.32 Å². The van der Waals surface area contributed by atoms with Crippen molar-refractivity contribution in [1.29, 1.82) is 0 Å². The summed E-state index contributed by atoms with van der Waals surface area (Å²) in [4.78, 5) is 1.49. The van der Waals surface area contributed by atoms with Crippen LogP contribution in [0.2, 0.25) is 0 Å². The second kappa shape index (κ2) is 4.33. The molecule has 0 aromatic carbocycles. The molecule has 78 valence electrons. The lowest BCUT2D eigenvalue weighted by atomic mass is 9.90. The summed E-state index contributed by atoms with van der Waals surface area (Å²) in [6.07, 6.45) is 5.07. The molecule has 0 bridgehead atoms. The van der Waals surface area contributed by atoms with Gasteiger partial charge in [0.15, 0.2) is 0 Å². The molecule has 14 heavy (non-hydrogen) atoms. The van der Waals surface area contributed by atoms with Gasteiger partial charge < -0.3 is 5.32 Å². The Hall–Kier alpha value is 0.140. The predicted octanol–water partition coefficient (Wildman–Crippen LogP) is 3.59. The van der Waals surface area contributed by atoms with Crippen molar-refractivity contribution in [2.45, 2.75) is 38.1 Å². The molecule has 0 spiro atoms. The van der Waals surface area contributed by atoms with Crippen LogP contribution in [0.25, 0.3) is 0 Å². The molecule has 0 amide bonds. The quantitative estimate of drug-likeness (QED) is 0.888. The summed E-state index contributed by atoms with van der Waals surface area (Å²) in [7, 11) is 0. The van der Waals surface area contributed by atoms with Gasteiger partial charge in [-0.25, -0.2) is 0 Å². The average molecular weight is 274 g/mol. The maximum Gasteiger partial charge on any atom is 0.0315 e. The van der Waals surface area contributed by atoms with Gasteiger partial charge in [0.25, 0.3) is 0 Å². The second-order valence-corrected chi connectivity index (χ2v) is 5.89. The molecule has 1 N–H and O–H groups in total. The van der Waals surface area contributed by atoms with E-state index in [0.29, 0.717) is 5.54 Å². The summed E-state index contributed by atoms with van der Waals surface area (Å²) < 4.78 is 1.28. The molecule has 2 rings (SSSR count). The normalized spacial score (nSPS) is 27.0. The molecule has 0 aliphatic carbocycles. The van der Waals surface area contributed by atoms with Crippen LogP contribution >= 0.6 is 27.3 Å². The Labute approximate surface area is 98.0 Å². The molecule has 1 saturated heterocycles. The average Bonchev–Trinajstić information content (AvgIpc) is 2.79. The van der Waals surface area contributed by atoms with Crippen LogP contribution < -0.4 is 5.32 Å². The zero-order valence-corrected chi connectivity index (χ0v) is 10.9. The van der Waals surface area contributed by atoms with Gasteiger partial charge in [-0.3, -0.25) is 0 Å². The van der Waals surface area contributed by atoms with Crippen LogP contribution in [0.3, 0.4) is 0 Å². The van der Waals surface area contributed by atoms with Gasteiger partial charge in [0.1, 0.15) is 0 Å². The third-order valence-electron chi connectivity index (χ3n) is 3.20. The fourth-order valence-electron chi connectivity index (χ4n) is 2.20. The molecule has 2 heterocycles. The molecule has 1 aromatic rings. The first-order valence-corrected chi connectivity index (χ1v) is 6.90. The van der Waals surface area contributed by atoms with Crippen LogP contribution in [0.15, 0.2) is 15.9 Å². The SMILES string of the molecule is CCC1(Cc2sccc2Br)CCCN1. The Balaban J connectivity index is 2.12. The van der Waals surface area contributed by atoms with Crippen molar-refractivity contribution in [3.05, 3.63) is 20.8 Å². The van der Waals surface area contributed by atoms with Gasteiger partial charge in [-0.2, -0.15) is 0 Å². The number of nitrogens with one attached hydrogen (secondary N) is 1. The topological polar surface area (TPSA) is 12.0 Å².